The maximum atomic E-state index is 4.05. The number of nitrogens with one attached hydrogen (secondary N) is 1. The van der Waals surface area contributed by atoms with Crippen LogP contribution in [0.25, 0.3) is 0 Å². The zero-order chi connectivity index (χ0) is 8.02. The largest absolute Gasteiger partial charge is 0.316 e. The zero-order valence-electron chi connectivity index (χ0n) is 6.96. The summed E-state index contributed by atoms with van der Waals surface area (Å²) in [5, 5.41) is 3.44. The number of pyridine rings is 1. The monoisotopic (exact) mass is 160 g/mol. The molecule has 0 spiro atoms. The van der Waals surface area contributed by atoms with Crippen molar-refractivity contribution in [2.24, 2.45) is 5.92 Å². The summed E-state index contributed by atoms with van der Waals surface area (Å²) in [5.74, 6) is 0.903. The fraction of sp³-hybridized carbons (Fsp3) is 0.500. The van der Waals surface area contributed by atoms with Crippen LogP contribution in [0.1, 0.15) is 12.0 Å². The van der Waals surface area contributed by atoms with Gasteiger partial charge in [0.15, 0.2) is 0 Å². The summed E-state index contributed by atoms with van der Waals surface area (Å²) in [6.07, 6.45) is 5.18. The molecule has 2 atom stereocenters. The third-order valence-electron chi connectivity index (χ3n) is 3.32. The van der Waals surface area contributed by atoms with E-state index >= 15 is 0 Å². The lowest BCUT2D eigenvalue weighted by atomic mass is 9.96. The maximum absolute atomic E-state index is 4.05. The molecule has 0 aromatic carbocycles. The van der Waals surface area contributed by atoms with Crippen molar-refractivity contribution < 1.29 is 0 Å². The van der Waals surface area contributed by atoms with E-state index in [1.54, 1.807) is 0 Å². The lowest BCUT2D eigenvalue weighted by Crippen LogP contribution is -2.19. The smallest absolute Gasteiger partial charge is 0.0270 e. The van der Waals surface area contributed by atoms with Gasteiger partial charge in [-0.05, 0) is 36.6 Å². The Morgan fingerprint density at radius 2 is 2.25 bits per heavy atom. The summed E-state index contributed by atoms with van der Waals surface area (Å²) in [6.45, 7) is 2.38. The van der Waals surface area contributed by atoms with Gasteiger partial charge in [-0.3, -0.25) is 4.98 Å². The van der Waals surface area contributed by atoms with Crippen LogP contribution in [0, 0.1) is 5.92 Å². The van der Waals surface area contributed by atoms with Crippen LogP contribution < -0.4 is 5.32 Å². The predicted octanol–water partition coefficient (Wildman–Crippen LogP) is 0.942. The van der Waals surface area contributed by atoms with E-state index in [-0.39, 0.29) is 0 Å². The van der Waals surface area contributed by atoms with Crippen LogP contribution in [0.15, 0.2) is 24.5 Å². The van der Waals surface area contributed by atoms with Gasteiger partial charge in [0, 0.05) is 24.4 Å². The Kier molecular flexibility index (Phi) is 1.14. The van der Waals surface area contributed by atoms with Gasteiger partial charge in [0.1, 0.15) is 0 Å². The first-order valence-electron chi connectivity index (χ1n) is 4.53. The first kappa shape index (κ1) is 6.61. The second-order valence-corrected chi connectivity index (χ2v) is 3.92. The number of fused-ring (bicyclic) bond motifs is 1. The molecule has 1 aromatic heterocycles. The first-order chi connectivity index (χ1) is 5.92. The third kappa shape index (κ3) is 0.707. The second kappa shape index (κ2) is 2.07. The van der Waals surface area contributed by atoms with E-state index < -0.39 is 0 Å². The van der Waals surface area contributed by atoms with Crippen LogP contribution in [-0.2, 0) is 5.41 Å². The van der Waals surface area contributed by atoms with E-state index in [4.69, 9.17) is 0 Å². The summed E-state index contributed by atoms with van der Waals surface area (Å²) in [4.78, 5) is 4.05. The Labute approximate surface area is 72.0 Å². The van der Waals surface area contributed by atoms with E-state index in [1.165, 1.54) is 25.1 Å². The molecule has 2 heterocycles. The van der Waals surface area contributed by atoms with Crippen molar-refractivity contribution in [2.45, 2.75) is 11.8 Å². The van der Waals surface area contributed by atoms with E-state index in [2.05, 4.69) is 22.4 Å². The van der Waals surface area contributed by atoms with Crippen LogP contribution in [0.5, 0.6) is 0 Å². The van der Waals surface area contributed by atoms with Crippen molar-refractivity contribution in [2.75, 3.05) is 13.1 Å². The number of piperidine rings is 1. The molecule has 1 aliphatic carbocycles. The van der Waals surface area contributed by atoms with Crippen LogP contribution in [0.2, 0.25) is 0 Å². The third-order valence-corrected chi connectivity index (χ3v) is 3.32. The lowest BCUT2D eigenvalue weighted by Gasteiger charge is -2.10. The van der Waals surface area contributed by atoms with Crippen LogP contribution in [0.3, 0.4) is 0 Å². The molecule has 2 nitrogen and oxygen atoms in total. The molecule has 0 amide bonds. The van der Waals surface area contributed by atoms with Crippen molar-refractivity contribution in [3.05, 3.63) is 30.1 Å². The summed E-state index contributed by atoms with van der Waals surface area (Å²) in [5.41, 5.74) is 1.98. The molecule has 2 heteroatoms. The fourth-order valence-corrected chi connectivity index (χ4v) is 2.47. The summed E-state index contributed by atoms with van der Waals surface area (Å²) < 4.78 is 0. The van der Waals surface area contributed by atoms with Gasteiger partial charge >= 0.3 is 0 Å². The van der Waals surface area contributed by atoms with Gasteiger partial charge < -0.3 is 5.32 Å². The van der Waals surface area contributed by atoms with E-state index in [9.17, 15) is 0 Å². The van der Waals surface area contributed by atoms with Crippen LogP contribution in [0.4, 0.5) is 0 Å². The molecule has 1 saturated heterocycles. The lowest BCUT2D eigenvalue weighted by molar-refractivity contribution is 0.675. The highest BCUT2D eigenvalue weighted by molar-refractivity contribution is 5.35. The van der Waals surface area contributed by atoms with Gasteiger partial charge in [-0.1, -0.05) is 0 Å². The zero-order valence-corrected chi connectivity index (χ0v) is 6.96. The SMILES string of the molecule is c1cc([C@@]23CNC[C@H]2C3)ccn1. The van der Waals surface area contributed by atoms with Gasteiger partial charge in [0.2, 0.25) is 0 Å². The average molecular weight is 160 g/mol. The second-order valence-electron chi connectivity index (χ2n) is 3.92. The number of rotatable bonds is 1. The topological polar surface area (TPSA) is 24.9 Å². The Balaban J connectivity index is 2.00. The highest BCUT2D eigenvalue weighted by Gasteiger charge is 2.57. The van der Waals surface area contributed by atoms with Crippen LogP contribution in [-0.4, -0.2) is 18.1 Å². The molecule has 3 rings (SSSR count). The van der Waals surface area contributed by atoms with Gasteiger partial charge in [-0.25, -0.2) is 0 Å². The Bertz CT molecular complexity index is 296. The minimum Gasteiger partial charge on any atom is -0.316 e. The minimum absolute atomic E-state index is 0.503. The predicted molar refractivity (Wildman–Crippen MR) is 46.9 cm³/mol. The van der Waals surface area contributed by atoms with Crippen molar-refractivity contribution in [1.82, 2.24) is 10.3 Å². The molecule has 0 unspecified atom stereocenters. The molecule has 0 bridgehead atoms. The molecular formula is C10H12N2. The highest BCUT2D eigenvalue weighted by Crippen LogP contribution is 2.56. The highest BCUT2D eigenvalue weighted by atomic mass is 15.0. The molecule has 2 fully saturated rings. The minimum atomic E-state index is 0.503. The molecular weight excluding hydrogens is 148 g/mol. The van der Waals surface area contributed by atoms with Crippen molar-refractivity contribution in [3.8, 4) is 0 Å². The Hall–Kier alpha value is -0.890. The molecule has 1 saturated carbocycles. The van der Waals surface area contributed by atoms with Crippen molar-refractivity contribution >= 4 is 0 Å². The molecule has 12 heavy (non-hydrogen) atoms. The van der Waals surface area contributed by atoms with E-state index in [1.807, 2.05) is 12.4 Å². The quantitative estimate of drug-likeness (QED) is 0.661. The van der Waals surface area contributed by atoms with Gasteiger partial charge in [-0.15, -0.1) is 0 Å². The summed E-state index contributed by atoms with van der Waals surface area (Å²) in [7, 11) is 0. The molecule has 62 valence electrons. The van der Waals surface area contributed by atoms with Crippen molar-refractivity contribution in [1.29, 1.82) is 0 Å². The Morgan fingerprint density at radius 1 is 1.42 bits per heavy atom. The standard InChI is InChI=1S/C10H12N2/c1-3-11-4-2-8(1)10-5-9(10)6-12-7-10/h1-4,9,12H,5-7H2/t9-,10-/m1/s1. The number of aromatic nitrogens is 1. The summed E-state index contributed by atoms with van der Waals surface area (Å²) in [6, 6.07) is 4.32. The van der Waals surface area contributed by atoms with Gasteiger partial charge in [0.05, 0.1) is 0 Å². The molecule has 0 radical (unpaired) electrons. The molecule has 1 N–H and O–H groups in total. The maximum Gasteiger partial charge on any atom is 0.0270 e. The first-order valence-corrected chi connectivity index (χ1v) is 4.53. The summed E-state index contributed by atoms with van der Waals surface area (Å²) >= 11 is 0. The normalized spacial score (nSPS) is 37.8. The molecule has 2 aliphatic rings. The van der Waals surface area contributed by atoms with Gasteiger partial charge in [0.25, 0.3) is 0 Å². The van der Waals surface area contributed by atoms with Crippen LogP contribution >= 0.6 is 0 Å². The number of hydrogen-bond acceptors (Lipinski definition) is 2. The van der Waals surface area contributed by atoms with E-state index in [0.717, 1.165) is 5.92 Å². The average Bonchev–Trinajstić information content (AvgIpc) is 2.72. The Morgan fingerprint density at radius 3 is 2.83 bits per heavy atom. The van der Waals surface area contributed by atoms with E-state index in [0.29, 0.717) is 5.41 Å². The number of nitrogens with zero attached hydrogens (tertiary/aromatic N) is 1. The fourth-order valence-electron chi connectivity index (χ4n) is 2.47. The van der Waals surface area contributed by atoms with Crippen molar-refractivity contribution in [3.63, 3.8) is 0 Å². The van der Waals surface area contributed by atoms with Gasteiger partial charge in [-0.2, -0.15) is 0 Å². The number of hydrogen-bond donors (Lipinski definition) is 1. The molecule has 1 aliphatic heterocycles. The molecule has 1 aromatic rings.